The van der Waals surface area contributed by atoms with Crippen LogP contribution in [0.15, 0.2) is 18.2 Å². The van der Waals surface area contributed by atoms with E-state index in [1.54, 1.807) is 31.2 Å². The predicted molar refractivity (Wildman–Crippen MR) is 80.2 cm³/mol. The van der Waals surface area contributed by atoms with Crippen molar-refractivity contribution in [2.45, 2.75) is 33.2 Å². The minimum Gasteiger partial charge on any atom is -0.496 e. The van der Waals surface area contributed by atoms with Gasteiger partial charge in [-0.15, -0.1) is 0 Å². The topological polar surface area (TPSA) is 49.8 Å². The van der Waals surface area contributed by atoms with E-state index in [0.717, 1.165) is 12.0 Å². The lowest BCUT2D eigenvalue weighted by Gasteiger charge is -2.28. The Kier molecular flexibility index (Phi) is 6.02. The van der Waals surface area contributed by atoms with Crippen LogP contribution in [0, 0.1) is 12.8 Å². The van der Waals surface area contributed by atoms with Crippen LogP contribution in [0.1, 0.15) is 36.2 Å². The van der Waals surface area contributed by atoms with Crippen LogP contribution in [-0.4, -0.2) is 42.7 Å². The summed E-state index contributed by atoms with van der Waals surface area (Å²) in [6.07, 6.45) is 0.780. The minimum atomic E-state index is -0.158. The van der Waals surface area contributed by atoms with Gasteiger partial charge in [0.05, 0.1) is 19.8 Å². The molecule has 20 heavy (non-hydrogen) atoms. The van der Waals surface area contributed by atoms with Gasteiger partial charge in [0.1, 0.15) is 5.75 Å². The largest absolute Gasteiger partial charge is 0.496 e. The van der Waals surface area contributed by atoms with E-state index in [2.05, 4.69) is 13.8 Å². The molecule has 4 heteroatoms. The molecular weight excluding hydrogens is 254 g/mol. The van der Waals surface area contributed by atoms with Gasteiger partial charge in [-0.25, -0.2) is 0 Å². The highest BCUT2D eigenvalue weighted by Gasteiger charge is 2.22. The molecule has 0 saturated heterocycles. The average Bonchev–Trinajstić information content (AvgIpc) is 2.43. The van der Waals surface area contributed by atoms with Gasteiger partial charge < -0.3 is 14.7 Å². The molecule has 0 aromatic heterocycles. The lowest BCUT2D eigenvalue weighted by molar-refractivity contribution is 0.0630. The second-order valence-electron chi connectivity index (χ2n) is 5.57. The summed E-state index contributed by atoms with van der Waals surface area (Å²) in [7, 11) is 3.33. The predicted octanol–water partition coefficient (Wildman–Crippen LogP) is 2.48. The zero-order chi connectivity index (χ0) is 15.3. The second kappa shape index (κ2) is 7.29. The Morgan fingerprint density at radius 1 is 1.40 bits per heavy atom. The van der Waals surface area contributed by atoms with E-state index in [0.29, 0.717) is 17.2 Å². The Morgan fingerprint density at radius 2 is 2.05 bits per heavy atom. The summed E-state index contributed by atoms with van der Waals surface area (Å²) in [6, 6.07) is 5.25. The smallest absolute Gasteiger partial charge is 0.254 e. The van der Waals surface area contributed by atoms with Crippen molar-refractivity contribution in [3.8, 4) is 5.75 Å². The summed E-state index contributed by atoms with van der Waals surface area (Å²) in [5.74, 6) is 1.03. The Labute approximate surface area is 121 Å². The van der Waals surface area contributed by atoms with Crippen molar-refractivity contribution in [2.24, 2.45) is 5.92 Å². The fourth-order valence-corrected chi connectivity index (χ4v) is 2.22. The van der Waals surface area contributed by atoms with Gasteiger partial charge in [0.2, 0.25) is 0 Å². The van der Waals surface area contributed by atoms with E-state index >= 15 is 0 Å². The quantitative estimate of drug-likeness (QED) is 0.870. The van der Waals surface area contributed by atoms with E-state index in [-0.39, 0.29) is 18.6 Å². The first-order chi connectivity index (χ1) is 9.40. The van der Waals surface area contributed by atoms with Gasteiger partial charge in [-0.1, -0.05) is 19.9 Å². The van der Waals surface area contributed by atoms with Gasteiger partial charge in [-0.2, -0.15) is 0 Å². The molecule has 0 aliphatic heterocycles. The number of aryl methyl sites for hydroxylation is 1. The van der Waals surface area contributed by atoms with Crippen LogP contribution < -0.4 is 4.74 Å². The van der Waals surface area contributed by atoms with Crippen LogP contribution >= 0.6 is 0 Å². The summed E-state index contributed by atoms with van der Waals surface area (Å²) < 4.78 is 5.25. The van der Waals surface area contributed by atoms with Gasteiger partial charge in [-0.05, 0) is 37.0 Å². The number of methoxy groups -OCH3 is 1. The summed E-state index contributed by atoms with van der Waals surface area (Å²) >= 11 is 0. The van der Waals surface area contributed by atoms with Crippen molar-refractivity contribution in [1.29, 1.82) is 0 Å². The molecule has 0 aliphatic carbocycles. The number of aliphatic hydroxyl groups is 1. The maximum Gasteiger partial charge on any atom is 0.254 e. The number of nitrogens with zero attached hydrogens (tertiary/aromatic N) is 1. The number of likely N-dealkylation sites (N-methyl/N-ethyl adjacent to an activating group) is 1. The SMILES string of the molecule is COc1cc(C(=O)N(C)C(CO)CC(C)C)ccc1C. The molecule has 0 saturated carbocycles. The molecule has 1 rings (SSSR count). The van der Waals surface area contributed by atoms with E-state index in [9.17, 15) is 9.90 Å². The Balaban J connectivity index is 2.92. The van der Waals surface area contributed by atoms with Gasteiger partial charge in [-0.3, -0.25) is 4.79 Å². The molecule has 1 amide bonds. The molecule has 1 aromatic carbocycles. The van der Waals surface area contributed by atoms with Crippen LogP contribution in [0.5, 0.6) is 5.75 Å². The molecule has 0 bridgehead atoms. The molecule has 1 atom stereocenters. The zero-order valence-corrected chi connectivity index (χ0v) is 13.0. The summed E-state index contributed by atoms with van der Waals surface area (Å²) in [5.41, 5.74) is 1.57. The maximum atomic E-state index is 12.5. The molecular formula is C16H25NO3. The molecule has 1 aromatic rings. The molecule has 0 heterocycles. The first-order valence-electron chi connectivity index (χ1n) is 6.93. The standard InChI is InChI=1S/C16H25NO3/c1-11(2)8-14(10-18)17(4)16(19)13-7-6-12(3)15(9-13)20-5/h6-7,9,11,14,18H,8,10H2,1-5H3. The Hall–Kier alpha value is -1.55. The number of aliphatic hydroxyl groups excluding tert-OH is 1. The van der Waals surface area contributed by atoms with Crippen molar-refractivity contribution < 1.29 is 14.6 Å². The van der Waals surface area contributed by atoms with Crippen molar-refractivity contribution in [3.05, 3.63) is 29.3 Å². The van der Waals surface area contributed by atoms with Gasteiger partial charge >= 0.3 is 0 Å². The average molecular weight is 279 g/mol. The number of benzene rings is 1. The molecule has 0 aliphatic rings. The Bertz CT molecular complexity index is 457. The van der Waals surface area contributed by atoms with Gasteiger partial charge in [0.15, 0.2) is 0 Å². The molecule has 1 unspecified atom stereocenters. The van der Waals surface area contributed by atoms with Gasteiger partial charge in [0.25, 0.3) is 5.91 Å². The van der Waals surface area contributed by atoms with Crippen LogP contribution in [0.3, 0.4) is 0 Å². The third-order valence-electron chi connectivity index (χ3n) is 3.48. The van der Waals surface area contributed by atoms with Crippen molar-refractivity contribution in [3.63, 3.8) is 0 Å². The highest BCUT2D eigenvalue weighted by molar-refractivity contribution is 5.94. The first-order valence-corrected chi connectivity index (χ1v) is 6.93. The monoisotopic (exact) mass is 279 g/mol. The third kappa shape index (κ3) is 3.97. The van der Waals surface area contributed by atoms with Crippen molar-refractivity contribution in [2.75, 3.05) is 20.8 Å². The van der Waals surface area contributed by atoms with E-state index in [1.807, 2.05) is 13.0 Å². The number of carbonyl (C=O) groups excluding carboxylic acids is 1. The Morgan fingerprint density at radius 3 is 2.55 bits per heavy atom. The fraction of sp³-hybridized carbons (Fsp3) is 0.562. The first kappa shape index (κ1) is 16.5. The zero-order valence-electron chi connectivity index (χ0n) is 13.0. The molecule has 4 nitrogen and oxygen atoms in total. The number of ether oxygens (including phenoxy) is 1. The lowest BCUT2D eigenvalue weighted by Crippen LogP contribution is -2.40. The maximum absolute atomic E-state index is 12.5. The summed E-state index contributed by atoms with van der Waals surface area (Å²) in [5, 5.41) is 9.47. The summed E-state index contributed by atoms with van der Waals surface area (Å²) in [4.78, 5) is 14.1. The molecule has 0 radical (unpaired) electrons. The van der Waals surface area contributed by atoms with E-state index in [1.165, 1.54) is 0 Å². The van der Waals surface area contributed by atoms with Crippen LogP contribution in [0.2, 0.25) is 0 Å². The molecule has 0 spiro atoms. The van der Waals surface area contributed by atoms with Gasteiger partial charge in [0, 0.05) is 12.6 Å². The fourth-order valence-electron chi connectivity index (χ4n) is 2.22. The second-order valence-corrected chi connectivity index (χ2v) is 5.57. The normalized spacial score (nSPS) is 12.3. The molecule has 1 N–H and O–H groups in total. The molecule has 0 fully saturated rings. The third-order valence-corrected chi connectivity index (χ3v) is 3.48. The van der Waals surface area contributed by atoms with E-state index in [4.69, 9.17) is 4.74 Å². The highest BCUT2D eigenvalue weighted by Crippen LogP contribution is 2.21. The van der Waals surface area contributed by atoms with Crippen molar-refractivity contribution >= 4 is 5.91 Å². The molecule has 112 valence electrons. The number of amides is 1. The number of hydrogen-bond donors (Lipinski definition) is 1. The number of rotatable bonds is 6. The summed E-state index contributed by atoms with van der Waals surface area (Å²) in [6.45, 7) is 6.07. The number of hydrogen-bond acceptors (Lipinski definition) is 3. The van der Waals surface area contributed by atoms with Crippen LogP contribution in [0.25, 0.3) is 0 Å². The van der Waals surface area contributed by atoms with Crippen molar-refractivity contribution in [1.82, 2.24) is 4.90 Å². The highest BCUT2D eigenvalue weighted by atomic mass is 16.5. The van der Waals surface area contributed by atoms with Crippen LogP contribution in [-0.2, 0) is 0 Å². The minimum absolute atomic E-state index is 0.0244. The van der Waals surface area contributed by atoms with E-state index < -0.39 is 0 Å². The lowest BCUT2D eigenvalue weighted by atomic mass is 10.0. The van der Waals surface area contributed by atoms with Crippen LogP contribution in [0.4, 0.5) is 0 Å². The number of carbonyl (C=O) groups is 1.